The fraction of sp³-hybridized carbons (Fsp3) is 0.519. The molecule has 0 aliphatic carbocycles. The number of aromatic hydroxyl groups is 2. The molecular weight excluding hydrogens is 484 g/mol. The lowest BCUT2D eigenvalue weighted by molar-refractivity contribution is -0.137. The van der Waals surface area contributed by atoms with E-state index in [1.807, 2.05) is 45.9 Å². The Labute approximate surface area is 218 Å². The number of carbonyl (C=O) groups is 2. The molecule has 1 aliphatic heterocycles. The summed E-state index contributed by atoms with van der Waals surface area (Å²) in [5.74, 6) is -1.12. The van der Waals surface area contributed by atoms with Crippen molar-refractivity contribution in [3.8, 4) is 11.5 Å². The molecule has 0 radical (unpaired) electrons. The molecule has 0 bridgehead atoms. The first-order chi connectivity index (χ1) is 17.1. The maximum absolute atomic E-state index is 12.8. The lowest BCUT2D eigenvalue weighted by atomic mass is 9.99. The maximum Gasteiger partial charge on any atom is 0.342 e. The number of allylic oxidation sites excluding steroid dienone is 3. The summed E-state index contributed by atoms with van der Waals surface area (Å²) in [5, 5.41) is 24.6. The van der Waals surface area contributed by atoms with Gasteiger partial charge in [0.15, 0.2) is 6.61 Å². The molecule has 0 atom stereocenters. The molecule has 1 heterocycles. The van der Waals surface area contributed by atoms with Crippen molar-refractivity contribution in [2.24, 2.45) is 17.0 Å². The van der Waals surface area contributed by atoms with Gasteiger partial charge in [-0.1, -0.05) is 62.7 Å². The van der Waals surface area contributed by atoms with Crippen LogP contribution in [0.4, 0.5) is 0 Å². The smallest absolute Gasteiger partial charge is 0.342 e. The molecule has 0 aromatic heterocycles. The molecule has 1 aromatic carbocycles. The number of fused-ring (bicyclic) bond motifs is 1. The number of ether oxygens (including phenoxy) is 1. The molecule has 1 aromatic rings. The SMILES string of the molecule is CC(C)CN(CC(C)C)C(=O)CO/N=C1/C=C/CC/C=C/CCOC(=O)c2c(O)cc(O)c(Cl)c2C1. The Balaban J connectivity index is 2.34. The van der Waals surface area contributed by atoms with Gasteiger partial charge in [0.2, 0.25) is 0 Å². The highest BCUT2D eigenvalue weighted by Crippen LogP contribution is 2.37. The quantitative estimate of drug-likeness (QED) is 0.288. The van der Waals surface area contributed by atoms with Gasteiger partial charge in [-0.2, -0.15) is 0 Å². The maximum atomic E-state index is 12.8. The van der Waals surface area contributed by atoms with E-state index in [1.54, 1.807) is 11.0 Å². The topological polar surface area (TPSA) is 109 Å². The second kappa shape index (κ2) is 14.5. The molecule has 0 saturated carbocycles. The van der Waals surface area contributed by atoms with Gasteiger partial charge >= 0.3 is 5.97 Å². The number of phenols is 2. The minimum absolute atomic E-state index is 0.0343. The van der Waals surface area contributed by atoms with Crippen molar-refractivity contribution in [2.75, 3.05) is 26.3 Å². The van der Waals surface area contributed by atoms with Crippen molar-refractivity contribution in [1.29, 1.82) is 0 Å². The Kier molecular flexibility index (Phi) is 11.8. The fourth-order valence-electron chi connectivity index (χ4n) is 3.74. The highest BCUT2D eigenvalue weighted by Gasteiger charge is 2.24. The van der Waals surface area contributed by atoms with Crippen LogP contribution in [0.15, 0.2) is 35.5 Å². The van der Waals surface area contributed by atoms with Crippen LogP contribution in [-0.4, -0.2) is 59.0 Å². The van der Waals surface area contributed by atoms with Gasteiger partial charge in [0.1, 0.15) is 17.1 Å². The monoisotopic (exact) mass is 520 g/mol. The van der Waals surface area contributed by atoms with Crippen molar-refractivity contribution in [3.63, 3.8) is 0 Å². The number of oxime groups is 1. The van der Waals surface area contributed by atoms with Gasteiger partial charge in [-0.25, -0.2) is 4.79 Å². The predicted octanol–water partition coefficient (Wildman–Crippen LogP) is 5.26. The second-order valence-electron chi connectivity index (χ2n) is 9.58. The van der Waals surface area contributed by atoms with Crippen molar-refractivity contribution in [1.82, 2.24) is 4.90 Å². The van der Waals surface area contributed by atoms with Crippen LogP contribution < -0.4 is 0 Å². The summed E-state index contributed by atoms with van der Waals surface area (Å²) in [4.78, 5) is 32.7. The third-order valence-electron chi connectivity index (χ3n) is 5.27. The zero-order chi connectivity index (χ0) is 26.7. The van der Waals surface area contributed by atoms with Crippen LogP contribution in [0.5, 0.6) is 11.5 Å². The van der Waals surface area contributed by atoms with Crippen LogP contribution in [0.25, 0.3) is 0 Å². The number of benzene rings is 1. The number of hydrogen-bond donors (Lipinski definition) is 2. The Morgan fingerprint density at radius 1 is 1.08 bits per heavy atom. The molecule has 1 aliphatic rings. The summed E-state index contributed by atoms with van der Waals surface area (Å²) in [6.45, 7) is 9.33. The van der Waals surface area contributed by atoms with Gasteiger partial charge in [-0.15, -0.1) is 0 Å². The minimum atomic E-state index is -0.757. The highest BCUT2D eigenvalue weighted by molar-refractivity contribution is 6.33. The summed E-state index contributed by atoms with van der Waals surface area (Å²) >= 11 is 6.33. The molecule has 8 nitrogen and oxygen atoms in total. The van der Waals surface area contributed by atoms with E-state index in [2.05, 4.69) is 5.16 Å². The standard InChI is InChI=1S/C27H37ClN2O6/c1-18(2)15-30(16-19(3)4)24(33)17-36-29-20-11-9-7-5-6-8-10-12-35-27(34)25-21(13-20)26(28)23(32)14-22(25)31/h6,8-9,11,14,18-19,31-32H,5,7,10,12-13,15-17H2,1-4H3/b8-6+,11-9+,29-20-. The van der Waals surface area contributed by atoms with Crippen LogP contribution in [0.1, 0.15) is 62.9 Å². The first-order valence-electron chi connectivity index (χ1n) is 12.3. The molecule has 1 amide bonds. The Hall–Kier alpha value is -3.00. The van der Waals surface area contributed by atoms with E-state index >= 15 is 0 Å². The molecule has 2 N–H and O–H groups in total. The summed E-state index contributed by atoms with van der Waals surface area (Å²) < 4.78 is 5.30. The van der Waals surface area contributed by atoms with E-state index in [1.165, 1.54) is 0 Å². The number of cyclic esters (lactones) is 1. The summed E-state index contributed by atoms with van der Waals surface area (Å²) in [7, 11) is 0. The number of nitrogens with zero attached hydrogens (tertiary/aromatic N) is 2. The molecular formula is C27H37ClN2O6. The van der Waals surface area contributed by atoms with E-state index in [4.69, 9.17) is 21.2 Å². The number of phenolic OH excluding ortho intramolecular Hbond substituents is 2. The van der Waals surface area contributed by atoms with Crippen molar-refractivity contribution in [3.05, 3.63) is 46.5 Å². The van der Waals surface area contributed by atoms with Crippen LogP contribution in [-0.2, 0) is 20.8 Å². The summed E-state index contributed by atoms with van der Waals surface area (Å²) in [5.41, 5.74) is 0.381. The van der Waals surface area contributed by atoms with Crippen LogP contribution >= 0.6 is 11.6 Å². The molecule has 198 valence electrons. The van der Waals surface area contributed by atoms with Crippen molar-refractivity contribution < 1.29 is 29.4 Å². The number of hydrogen-bond acceptors (Lipinski definition) is 7. The third kappa shape index (κ3) is 9.22. The third-order valence-corrected chi connectivity index (χ3v) is 5.69. The molecule has 9 heteroatoms. The van der Waals surface area contributed by atoms with Gasteiger partial charge in [0, 0.05) is 25.6 Å². The number of esters is 1. The van der Waals surface area contributed by atoms with Gasteiger partial charge < -0.3 is 24.7 Å². The van der Waals surface area contributed by atoms with E-state index in [9.17, 15) is 19.8 Å². The Morgan fingerprint density at radius 2 is 1.72 bits per heavy atom. The predicted molar refractivity (Wildman–Crippen MR) is 141 cm³/mol. The molecule has 2 rings (SSSR count). The fourth-order valence-corrected chi connectivity index (χ4v) is 3.96. The van der Waals surface area contributed by atoms with Crippen molar-refractivity contribution in [2.45, 2.75) is 53.4 Å². The second-order valence-corrected chi connectivity index (χ2v) is 9.96. The first-order valence-corrected chi connectivity index (χ1v) is 12.7. The molecule has 0 fully saturated rings. The minimum Gasteiger partial charge on any atom is -0.507 e. The number of carbonyl (C=O) groups excluding carboxylic acids is 2. The van der Waals surface area contributed by atoms with E-state index in [0.717, 1.165) is 18.9 Å². The molecule has 0 spiro atoms. The average Bonchev–Trinajstić information content (AvgIpc) is 2.79. The lowest BCUT2D eigenvalue weighted by Crippen LogP contribution is -2.39. The van der Waals surface area contributed by atoms with Crippen LogP contribution in [0.2, 0.25) is 5.02 Å². The first kappa shape index (κ1) is 29.2. The molecule has 0 unspecified atom stereocenters. The van der Waals surface area contributed by atoms with Gasteiger partial charge in [-0.05, 0) is 42.7 Å². The molecule has 0 saturated heterocycles. The number of amides is 1. The summed E-state index contributed by atoms with van der Waals surface area (Å²) in [6, 6.07) is 1.01. The van der Waals surface area contributed by atoms with Gasteiger partial charge in [-0.3, -0.25) is 4.79 Å². The van der Waals surface area contributed by atoms with Crippen molar-refractivity contribution >= 4 is 29.2 Å². The van der Waals surface area contributed by atoms with Gasteiger partial charge in [0.05, 0.1) is 17.3 Å². The molecule has 36 heavy (non-hydrogen) atoms. The number of rotatable bonds is 7. The lowest BCUT2D eigenvalue weighted by Gasteiger charge is -2.25. The summed E-state index contributed by atoms with van der Waals surface area (Å²) in [6.07, 6.45) is 9.56. The van der Waals surface area contributed by atoms with Crippen LogP contribution in [0.3, 0.4) is 0 Å². The van der Waals surface area contributed by atoms with E-state index in [0.29, 0.717) is 37.1 Å². The highest BCUT2D eigenvalue weighted by atomic mass is 35.5. The average molecular weight is 521 g/mol. The zero-order valence-electron chi connectivity index (χ0n) is 21.5. The van der Waals surface area contributed by atoms with Gasteiger partial charge in [0.25, 0.3) is 5.91 Å². The largest absolute Gasteiger partial charge is 0.507 e. The van der Waals surface area contributed by atoms with E-state index < -0.39 is 11.7 Å². The number of halogens is 1. The Morgan fingerprint density at radius 3 is 2.39 bits per heavy atom. The van der Waals surface area contributed by atoms with Crippen LogP contribution in [0, 0.1) is 11.8 Å². The van der Waals surface area contributed by atoms with E-state index in [-0.39, 0.29) is 47.4 Å². The normalized spacial score (nSPS) is 17.9. The zero-order valence-corrected chi connectivity index (χ0v) is 22.3. The Bertz CT molecular complexity index is 990.